The van der Waals surface area contributed by atoms with Crippen LogP contribution in [0.2, 0.25) is 0 Å². The van der Waals surface area contributed by atoms with Gasteiger partial charge in [-0.05, 0) is 23.6 Å². The summed E-state index contributed by atoms with van der Waals surface area (Å²) in [5, 5.41) is 6.17. The van der Waals surface area contributed by atoms with Crippen molar-refractivity contribution in [2.45, 2.75) is 6.42 Å². The molecule has 0 aromatic heterocycles. The SMILES string of the molecule is COCCNCCNC(=O)c1ccccc1Cc1ccccc1. The fourth-order valence-corrected chi connectivity index (χ4v) is 2.37. The van der Waals surface area contributed by atoms with Crippen LogP contribution in [-0.4, -0.2) is 39.3 Å². The van der Waals surface area contributed by atoms with Gasteiger partial charge in [0, 0.05) is 32.3 Å². The smallest absolute Gasteiger partial charge is 0.251 e. The fourth-order valence-electron chi connectivity index (χ4n) is 2.37. The van der Waals surface area contributed by atoms with E-state index in [1.807, 2.05) is 42.5 Å². The molecule has 0 atom stereocenters. The van der Waals surface area contributed by atoms with Crippen molar-refractivity contribution in [3.05, 3.63) is 71.3 Å². The Morgan fingerprint density at radius 3 is 2.48 bits per heavy atom. The van der Waals surface area contributed by atoms with E-state index in [0.717, 1.165) is 30.6 Å². The van der Waals surface area contributed by atoms with E-state index in [1.54, 1.807) is 7.11 Å². The second kappa shape index (κ2) is 9.77. The Morgan fingerprint density at radius 2 is 1.70 bits per heavy atom. The zero-order valence-corrected chi connectivity index (χ0v) is 13.5. The molecule has 0 unspecified atom stereocenters. The predicted octanol–water partition coefficient (Wildman–Crippen LogP) is 2.24. The number of carbonyl (C=O) groups excluding carboxylic acids is 1. The third-order valence-electron chi connectivity index (χ3n) is 3.57. The molecule has 0 radical (unpaired) electrons. The van der Waals surface area contributed by atoms with Crippen molar-refractivity contribution >= 4 is 5.91 Å². The van der Waals surface area contributed by atoms with Gasteiger partial charge in [0.2, 0.25) is 0 Å². The summed E-state index contributed by atoms with van der Waals surface area (Å²) in [6.07, 6.45) is 0.760. The van der Waals surface area contributed by atoms with Gasteiger partial charge in [-0.15, -0.1) is 0 Å². The first-order valence-electron chi connectivity index (χ1n) is 7.91. The molecule has 0 saturated carbocycles. The van der Waals surface area contributed by atoms with Gasteiger partial charge in [-0.2, -0.15) is 0 Å². The number of methoxy groups -OCH3 is 1. The summed E-state index contributed by atoms with van der Waals surface area (Å²) >= 11 is 0. The molecule has 0 bridgehead atoms. The highest BCUT2D eigenvalue weighted by Crippen LogP contribution is 2.14. The van der Waals surface area contributed by atoms with E-state index in [4.69, 9.17) is 4.74 Å². The lowest BCUT2D eigenvalue weighted by Crippen LogP contribution is -2.33. The van der Waals surface area contributed by atoms with Gasteiger partial charge in [0.15, 0.2) is 0 Å². The molecule has 4 heteroatoms. The van der Waals surface area contributed by atoms with E-state index in [1.165, 1.54) is 5.56 Å². The summed E-state index contributed by atoms with van der Waals surface area (Å²) in [5.74, 6) is -0.0231. The number of carbonyl (C=O) groups is 1. The molecule has 0 spiro atoms. The zero-order chi connectivity index (χ0) is 16.3. The van der Waals surface area contributed by atoms with Crippen molar-refractivity contribution in [3.8, 4) is 0 Å². The van der Waals surface area contributed by atoms with Crippen LogP contribution in [0.4, 0.5) is 0 Å². The number of ether oxygens (including phenoxy) is 1. The summed E-state index contributed by atoms with van der Waals surface area (Å²) in [7, 11) is 1.67. The standard InChI is InChI=1S/C19H24N2O2/c1-23-14-13-20-11-12-21-19(22)18-10-6-5-9-17(18)15-16-7-3-2-4-8-16/h2-10,20H,11-15H2,1H3,(H,21,22). The second-order valence-corrected chi connectivity index (χ2v) is 5.32. The highest BCUT2D eigenvalue weighted by molar-refractivity contribution is 5.95. The first-order valence-corrected chi connectivity index (χ1v) is 7.91. The summed E-state index contributed by atoms with van der Waals surface area (Å²) in [4.78, 5) is 12.4. The van der Waals surface area contributed by atoms with Gasteiger partial charge < -0.3 is 15.4 Å². The topological polar surface area (TPSA) is 50.4 Å². The van der Waals surface area contributed by atoms with Crippen molar-refractivity contribution in [1.82, 2.24) is 10.6 Å². The molecule has 4 nitrogen and oxygen atoms in total. The Balaban J connectivity index is 1.90. The van der Waals surface area contributed by atoms with E-state index in [-0.39, 0.29) is 5.91 Å². The molecular formula is C19H24N2O2. The average Bonchev–Trinajstić information content (AvgIpc) is 2.59. The summed E-state index contributed by atoms with van der Waals surface area (Å²) < 4.78 is 4.96. The molecule has 122 valence electrons. The lowest BCUT2D eigenvalue weighted by Gasteiger charge is -2.11. The molecular weight excluding hydrogens is 288 g/mol. The maximum Gasteiger partial charge on any atom is 0.251 e. The first kappa shape index (κ1) is 17.2. The number of nitrogens with one attached hydrogen (secondary N) is 2. The maximum absolute atomic E-state index is 12.4. The highest BCUT2D eigenvalue weighted by Gasteiger charge is 2.10. The number of amides is 1. The maximum atomic E-state index is 12.4. The van der Waals surface area contributed by atoms with Gasteiger partial charge >= 0.3 is 0 Å². The minimum atomic E-state index is -0.0231. The molecule has 1 amide bonds. The van der Waals surface area contributed by atoms with Crippen LogP contribution in [-0.2, 0) is 11.2 Å². The summed E-state index contributed by atoms with van der Waals surface area (Å²) in [6.45, 7) is 2.79. The van der Waals surface area contributed by atoms with Crippen LogP contribution in [0, 0.1) is 0 Å². The molecule has 0 heterocycles. The molecule has 2 aromatic carbocycles. The number of hydrogen-bond donors (Lipinski definition) is 2. The molecule has 0 aliphatic carbocycles. The molecule has 0 aliphatic heterocycles. The summed E-state index contributed by atoms with van der Waals surface area (Å²) in [6, 6.07) is 18.0. The van der Waals surface area contributed by atoms with E-state index < -0.39 is 0 Å². The second-order valence-electron chi connectivity index (χ2n) is 5.32. The van der Waals surface area contributed by atoms with Gasteiger partial charge in [0.25, 0.3) is 5.91 Å². The molecule has 0 fully saturated rings. The quantitative estimate of drug-likeness (QED) is 0.698. The van der Waals surface area contributed by atoms with Crippen LogP contribution in [0.5, 0.6) is 0 Å². The third-order valence-corrected chi connectivity index (χ3v) is 3.57. The average molecular weight is 312 g/mol. The summed E-state index contributed by atoms with van der Waals surface area (Å²) in [5.41, 5.74) is 2.99. The van der Waals surface area contributed by atoms with E-state index in [9.17, 15) is 4.79 Å². The fraction of sp³-hybridized carbons (Fsp3) is 0.316. The zero-order valence-electron chi connectivity index (χ0n) is 13.5. The van der Waals surface area contributed by atoms with Crippen LogP contribution < -0.4 is 10.6 Å². The molecule has 2 N–H and O–H groups in total. The van der Waals surface area contributed by atoms with Gasteiger partial charge in [-0.25, -0.2) is 0 Å². The number of benzene rings is 2. The molecule has 2 aromatic rings. The Bertz CT molecular complexity index is 599. The molecule has 23 heavy (non-hydrogen) atoms. The minimum absolute atomic E-state index is 0.0231. The first-order chi connectivity index (χ1) is 11.3. The van der Waals surface area contributed by atoms with Crippen LogP contribution in [0.3, 0.4) is 0 Å². The molecule has 2 rings (SSSR count). The van der Waals surface area contributed by atoms with Crippen molar-refractivity contribution in [3.63, 3.8) is 0 Å². The van der Waals surface area contributed by atoms with E-state index in [0.29, 0.717) is 13.2 Å². The predicted molar refractivity (Wildman–Crippen MR) is 92.8 cm³/mol. The van der Waals surface area contributed by atoms with Crippen molar-refractivity contribution in [2.75, 3.05) is 33.4 Å². The lowest BCUT2D eigenvalue weighted by atomic mass is 9.99. The lowest BCUT2D eigenvalue weighted by molar-refractivity contribution is 0.0953. The highest BCUT2D eigenvalue weighted by atomic mass is 16.5. The number of hydrogen-bond acceptors (Lipinski definition) is 3. The van der Waals surface area contributed by atoms with E-state index >= 15 is 0 Å². The van der Waals surface area contributed by atoms with Gasteiger partial charge in [0.05, 0.1) is 6.61 Å². The van der Waals surface area contributed by atoms with Crippen LogP contribution in [0.25, 0.3) is 0 Å². The molecule has 0 saturated heterocycles. The normalized spacial score (nSPS) is 10.5. The van der Waals surface area contributed by atoms with E-state index in [2.05, 4.69) is 22.8 Å². The van der Waals surface area contributed by atoms with Gasteiger partial charge in [-0.1, -0.05) is 48.5 Å². The van der Waals surface area contributed by atoms with Crippen LogP contribution >= 0.6 is 0 Å². The van der Waals surface area contributed by atoms with Crippen molar-refractivity contribution in [2.24, 2.45) is 0 Å². The Morgan fingerprint density at radius 1 is 0.957 bits per heavy atom. The van der Waals surface area contributed by atoms with Crippen LogP contribution in [0.1, 0.15) is 21.5 Å². The Hall–Kier alpha value is -2.17. The largest absolute Gasteiger partial charge is 0.383 e. The van der Waals surface area contributed by atoms with Crippen LogP contribution in [0.15, 0.2) is 54.6 Å². The monoisotopic (exact) mass is 312 g/mol. The minimum Gasteiger partial charge on any atom is -0.383 e. The Kier molecular flexibility index (Phi) is 7.30. The Labute approximate surface area is 137 Å². The van der Waals surface area contributed by atoms with Crippen molar-refractivity contribution in [1.29, 1.82) is 0 Å². The van der Waals surface area contributed by atoms with Crippen molar-refractivity contribution < 1.29 is 9.53 Å². The van der Waals surface area contributed by atoms with Gasteiger partial charge in [0.1, 0.15) is 0 Å². The number of rotatable bonds is 9. The van der Waals surface area contributed by atoms with Gasteiger partial charge in [-0.3, -0.25) is 4.79 Å². The third kappa shape index (κ3) is 5.85. The molecule has 0 aliphatic rings.